The molecule has 5 heteroatoms. The highest BCUT2D eigenvalue weighted by Gasteiger charge is 2.30. The number of hydrogen-bond donors (Lipinski definition) is 1. The van der Waals surface area contributed by atoms with Gasteiger partial charge in [0.15, 0.2) is 0 Å². The fourth-order valence-electron chi connectivity index (χ4n) is 2.52. The van der Waals surface area contributed by atoms with Gasteiger partial charge in [0.05, 0.1) is 13.2 Å². The Hall–Kier alpha value is -0.650. The van der Waals surface area contributed by atoms with Gasteiger partial charge < -0.3 is 10.0 Å². The molecule has 5 nitrogen and oxygen atoms in total. The number of hydrogen-bond acceptors (Lipinski definition) is 4. The van der Waals surface area contributed by atoms with Crippen molar-refractivity contribution in [2.75, 3.05) is 52.9 Å². The van der Waals surface area contributed by atoms with E-state index in [9.17, 15) is 4.79 Å². The van der Waals surface area contributed by atoms with Gasteiger partial charge in [-0.05, 0) is 32.4 Å². The Morgan fingerprint density at radius 1 is 1.22 bits per heavy atom. The van der Waals surface area contributed by atoms with Crippen molar-refractivity contribution in [3.8, 4) is 0 Å². The lowest BCUT2D eigenvalue weighted by molar-refractivity contribution is -0.131. The minimum absolute atomic E-state index is 0.226. The first-order valence-corrected chi connectivity index (χ1v) is 7.02. The van der Waals surface area contributed by atoms with Gasteiger partial charge in [0.2, 0.25) is 5.91 Å². The largest absolute Gasteiger partial charge is 0.395 e. The quantitative estimate of drug-likeness (QED) is 0.727. The average molecular weight is 255 g/mol. The molecule has 0 unspecified atom stereocenters. The van der Waals surface area contributed by atoms with Crippen molar-refractivity contribution < 1.29 is 9.90 Å². The summed E-state index contributed by atoms with van der Waals surface area (Å²) in [5.74, 6) is 0.258. The van der Waals surface area contributed by atoms with E-state index in [0.717, 1.165) is 39.1 Å². The maximum absolute atomic E-state index is 12.0. The average Bonchev–Trinajstić information content (AvgIpc) is 3.17. The van der Waals surface area contributed by atoms with Gasteiger partial charge in [-0.2, -0.15) is 0 Å². The molecule has 1 saturated heterocycles. The predicted octanol–water partition coefficient (Wildman–Crippen LogP) is -0.393. The van der Waals surface area contributed by atoms with Crippen molar-refractivity contribution in [1.29, 1.82) is 0 Å². The van der Waals surface area contributed by atoms with Crippen LogP contribution in [-0.2, 0) is 4.79 Å². The molecule has 1 aliphatic carbocycles. The molecule has 1 amide bonds. The number of aliphatic hydroxyl groups is 1. The number of amides is 1. The van der Waals surface area contributed by atoms with Crippen LogP contribution in [0.5, 0.6) is 0 Å². The molecule has 2 rings (SSSR count). The van der Waals surface area contributed by atoms with Gasteiger partial charge >= 0.3 is 0 Å². The summed E-state index contributed by atoms with van der Waals surface area (Å²) in [6, 6.07) is 0.510. The number of aliphatic hydroxyl groups excluding tert-OH is 1. The maximum atomic E-state index is 12.0. The first-order valence-electron chi connectivity index (χ1n) is 7.02. The first-order chi connectivity index (χ1) is 8.70. The summed E-state index contributed by atoms with van der Waals surface area (Å²) in [6.45, 7) is 5.45. The second-order valence-corrected chi connectivity index (χ2v) is 5.43. The summed E-state index contributed by atoms with van der Waals surface area (Å²) < 4.78 is 0. The second-order valence-electron chi connectivity index (χ2n) is 5.43. The van der Waals surface area contributed by atoms with Gasteiger partial charge in [-0.3, -0.25) is 14.6 Å². The van der Waals surface area contributed by atoms with Crippen LogP contribution >= 0.6 is 0 Å². The Kier molecular flexibility index (Phi) is 4.97. The van der Waals surface area contributed by atoms with Crippen LogP contribution in [0.4, 0.5) is 0 Å². The van der Waals surface area contributed by atoms with Crippen LogP contribution in [0.3, 0.4) is 0 Å². The third-order valence-electron chi connectivity index (χ3n) is 3.94. The van der Waals surface area contributed by atoms with E-state index in [1.54, 1.807) is 0 Å². The summed E-state index contributed by atoms with van der Waals surface area (Å²) in [6.07, 6.45) is 3.43. The molecular weight excluding hydrogens is 230 g/mol. The fraction of sp³-hybridized carbons (Fsp3) is 0.923. The smallest absolute Gasteiger partial charge is 0.236 e. The molecule has 0 spiro atoms. The molecule has 1 saturated carbocycles. The zero-order valence-electron chi connectivity index (χ0n) is 11.3. The van der Waals surface area contributed by atoms with Gasteiger partial charge in [-0.1, -0.05) is 0 Å². The lowest BCUT2D eigenvalue weighted by Crippen LogP contribution is -2.41. The van der Waals surface area contributed by atoms with Crippen LogP contribution in [0.15, 0.2) is 0 Å². The summed E-state index contributed by atoms with van der Waals surface area (Å²) in [7, 11) is 1.93. The number of carbonyl (C=O) groups is 1. The van der Waals surface area contributed by atoms with Crippen LogP contribution in [0.2, 0.25) is 0 Å². The van der Waals surface area contributed by atoms with E-state index in [0.29, 0.717) is 12.6 Å². The molecule has 18 heavy (non-hydrogen) atoms. The van der Waals surface area contributed by atoms with Gasteiger partial charge in [0, 0.05) is 32.7 Å². The van der Waals surface area contributed by atoms with Crippen molar-refractivity contribution in [2.24, 2.45) is 0 Å². The van der Waals surface area contributed by atoms with Crippen LogP contribution in [0, 0.1) is 0 Å². The number of rotatable bonds is 5. The molecule has 0 aromatic heterocycles. The van der Waals surface area contributed by atoms with Crippen LogP contribution in [0.25, 0.3) is 0 Å². The summed E-state index contributed by atoms with van der Waals surface area (Å²) >= 11 is 0. The highest BCUT2D eigenvalue weighted by atomic mass is 16.3. The third-order valence-corrected chi connectivity index (χ3v) is 3.94. The summed E-state index contributed by atoms with van der Waals surface area (Å²) in [5.41, 5.74) is 0. The van der Waals surface area contributed by atoms with E-state index in [2.05, 4.69) is 9.80 Å². The maximum Gasteiger partial charge on any atom is 0.236 e. The Morgan fingerprint density at radius 3 is 2.56 bits per heavy atom. The van der Waals surface area contributed by atoms with E-state index in [1.165, 1.54) is 12.8 Å². The van der Waals surface area contributed by atoms with Crippen LogP contribution in [-0.4, -0.2) is 84.7 Å². The molecule has 2 aliphatic rings. The minimum Gasteiger partial charge on any atom is -0.395 e. The van der Waals surface area contributed by atoms with E-state index >= 15 is 0 Å². The topological polar surface area (TPSA) is 47.0 Å². The summed E-state index contributed by atoms with van der Waals surface area (Å²) in [4.78, 5) is 18.5. The Labute approximate surface area is 109 Å². The van der Waals surface area contributed by atoms with Crippen LogP contribution in [0.1, 0.15) is 19.3 Å². The van der Waals surface area contributed by atoms with Crippen LogP contribution < -0.4 is 0 Å². The minimum atomic E-state index is 0.226. The predicted molar refractivity (Wildman–Crippen MR) is 70.4 cm³/mol. The number of carbonyl (C=O) groups excluding carboxylic acids is 1. The molecule has 2 fully saturated rings. The molecule has 1 heterocycles. The molecule has 0 bridgehead atoms. The monoisotopic (exact) mass is 255 g/mol. The lowest BCUT2D eigenvalue weighted by atomic mass is 10.3. The fourth-order valence-corrected chi connectivity index (χ4v) is 2.52. The van der Waals surface area contributed by atoms with E-state index in [4.69, 9.17) is 5.11 Å². The molecular formula is C13H25N3O2. The van der Waals surface area contributed by atoms with Crippen molar-refractivity contribution in [1.82, 2.24) is 14.7 Å². The molecule has 0 aromatic carbocycles. The third kappa shape index (κ3) is 3.93. The van der Waals surface area contributed by atoms with E-state index in [1.807, 2.05) is 11.9 Å². The zero-order chi connectivity index (χ0) is 13.0. The first kappa shape index (κ1) is 13.8. The number of β-amino-alcohol motifs (C(OH)–C–C–N with tert-alkyl or cyclic N) is 1. The SMILES string of the molecule is CN(C(=O)CN1CCCN(CCO)CC1)C1CC1. The number of likely N-dealkylation sites (N-methyl/N-ethyl adjacent to an activating group) is 1. The number of nitrogens with zero attached hydrogens (tertiary/aromatic N) is 3. The van der Waals surface area contributed by atoms with Crippen molar-refractivity contribution in [3.63, 3.8) is 0 Å². The lowest BCUT2D eigenvalue weighted by Gasteiger charge is -2.24. The standard InChI is InChI=1S/C13H25N3O2/c1-14(12-3-4-12)13(18)11-16-6-2-5-15(7-8-16)9-10-17/h12,17H,2-11H2,1H3. The Balaban J connectivity index is 1.74. The molecule has 0 aromatic rings. The van der Waals surface area contributed by atoms with Crippen molar-refractivity contribution in [3.05, 3.63) is 0 Å². The molecule has 0 radical (unpaired) electrons. The van der Waals surface area contributed by atoms with Gasteiger partial charge in [0.1, 0.15) is 0 Å². The zero-order valence-corrected chi connectivity index (χ0v) is 11.3. The molecule has 1 N–H and O–H groups in total. The van der Waals surface area contributed by atoms with Crippen molar-refractivity contribution in [2.45, 2.75) is 25.3 Å². The highest BCUT2D eigenvalue weighted by Crippen LogP contribution is 2.25. The van der Waals surface area contributed by atoms with Gasteiger partial charge in [0.25, 0.3) is 0 Å². The molecule has 0 atom stereocenters. The second kappa shape index (κ2) is 6.50. The van der Waals surface area contributed by atoms with Gasteiger partial charge in [-0.25, -0.2) is 0 Å². The summed E-state index contributed by atoms with van der Waals surface area (Å²) in [5, 5.41) is 8.95. The molecule has 104 valence electrons. The normalized spacial score (nSPS) is 22.8. The van der Waals surface area contributed by atoms with Crippen molar-refractivity contribution >= 4 is 5.91 Å². The van der Waals surface area contributed by atoms with Gasteiger partial charge in [-0.15, -0.1) is 0 Å². The Bertz CT molecular complexity index is 281. The molecule has 1 aliphatic heterocycles. The van der Waals surface area contributed by atoms with E-state index in [-0.39, 0.29) is 12.5 Å². The van der Waals surface area contributed by atoms with E-state index < -0.39 is 0 Å². The Morgan fingerprint density at radius 2 is 1.89 bits per heavy atom. The highest BCUT2D eigenvalue weighted by molar-refractivity contribution is 5.78.